The molecular formula is C16H15ClN2O2S. The number of para-hydroxylation sites is 1. The number of rotatable bonds is 4. The van der Waals surface area contributed by atoms with Gasteiger partial charge in [-0.3, -0.25) is 4.79 Å². The highest BCUT2D eigenvalue weighted by Crippen LogP contribution is 2.22. The van der Waals surface area contributed by atoms with Gasteiger partial charge in [0.15, 0.2) is 5.11 Å². The fourth-order valence-electron chi connectivity index (χ4n) is 1.94. The molecule has 2 rings (SSSR count). The fraction of sp³-hybridized carbons (Fsp3) is 0.125. The van der Waals surface area contributed by atoms with Crippen LogP contribution in [0, 0.1) is 6.92 Å². The van der Waals surface area contributed by atoms with Crippen molar-refractivity contribution in [2.24, 2.45) is 0 Å². The first kappa shape index (κ1) is 16.3. The largest absolute Gasteiger partial charge is 0.480 e. The minimum Gasteiger partial charge on any atom is -0.480 e. The Hall–Kier alpha value is -2.11. The predicted molar refractivity (Wildman–Crippen MR) is 93.8 cm³/mol. The zero-order chi connectivity index (χ0) is 16.1. The number of aliphatic carboxylic acids is 1. The second kappa shape index (κ2) is 7.24. The molecule has 0 unspecified atom stereocenters. The van der Waals surface area contributed by atoms with Gasteiger partial charge in [0.2, 0.25) is 0 Å². The molecule has 0 atom stereocenters. The zero-order valence-corrected chi connectivity index (χ0v) is 13.5. The fourth-order valence-corrected chi connectivity index (χ4v) is 2.39. The van der Waals surface area contributed by atoms with Crippen molar-refractivity contribution in [2.45, 2.75) is 6.92 Å². The van der Waals surface area contributed by atoms with Crippen LogP contribution in [0.15, 0.2) is 48.5 Å². The third kappa shape index (κ3) is 4.19. The number of hydrogen-bond donors (Lipinski definition) is 2. The Bertz CT molecular complexity index is 692. The summed E-state index contributed by atoms with van der Waals surface area (Å²) in [6.07, 6.45) is 0. The summed E-state index contributed by atoms with van der Waals surface area (Å²) >= 11 is 11.4. The van der Waals surface area contributed by atoms with Crippen molar-refractivity contribution in [3.05, 3.63) is 59.1 Å². The Labute approximate surface area is 139 Å². The predicted octanol–water partition coefficient (Wildman–Crippen LogP) is 3.94. The van der Waals surface area contributed by atoms with Gasteiger partial charge in [-0.1, -0.05) is 35.9 Å². The van der Waals surface area contributed by atoms with Gasteiger partial charge in [-0.25, -0.2) is 0 Å². The van der Waals surface area contributed by atoms with Gasteiger partial charge in [-0.05, 0) is 49.0 Å². The summed E-state index contributed by atoms with van der Waals surface area (Å²) in [5.74, 6) is -0.962. The zero-order valence-electron chi connectivity index (χ0n) is 11.9. The summed E-state index contributed by atoms with van der Waals surface area (Å²) in [6, 6.07) is 14.6. The third-order valence-electron chi connectivity index (χ3n) is 3.05. The summed E-state index contributed by atoms with van der Waals surface area (Å²) in [4.78, 5) is 12.6. The van der Waals surface area contributed by atoms with E-state index in [9.17, 15) is 4.79 Å². The number of hydrogen-bond acceptors (Lipinski definition) is 2. The van der Waals surface area contributed by atoms with Crippen molar-refractivity contribution in [3.8, 4) is 0 Å². The average molecular weight is 335 g/mol. The van der Waals surface area contributed by atoms with Crippen molar-refractivity contribution >= 4 is 46.3 Å². The number of nitrogens with one attached hydrogen (secondary N) is 1. The van der Waals surface area contributed by atoms with Crippen LogP contribution in [0.3, 0.4) is 0 Å². The molecular weight excluding hydrogens is 320 g/mol. The van der Waals surface area contributed by atoms with E-state index in [-0.39, 0.29) is 6.54 Å². The molecule has 2 aromatic rings. The lowest BCUT2D eigenvalue weighted by molar-refractivity contribution is -0.135. The van der Waals surface area contributed by atoms with Gasteiger partial charge < -0.3 is 15.3 Å². The summed E-state index contributed by atoms with van der Waals surface area (Å²) < 4.78 is 0. The molecule has 0 aliphatic heterocycles. The van der Waals surface area contributed by atoms with Crippen LogP contribution >= 0.6 is 23.8 Å². The van der Waals surface area contributed by atoms with E-state index in [0.717, 1.165) is 11.3 Å². The average Bonchev–Trinajstić information content (AvgIpc) is 2.49. The molecule has 22 heavy (non-hydrogen) atoms. The van der Waals surface area contributed by atoms with Crippen LogP contribution in [-0.4, -0.2) is 22.7 Å². The van der Waals surface area contributed by atoms with E-state index in [4.69, 9.17) is 28.9 Å². The van der Waals surface area contributed by atoms with Gasteiger partial charge in [0.1, 0.15) is 6.54 Å². The molecule has 4 nitrogen and oxygen atoms in total. The van der Waals surface area contributed by atoms with Crippen molar-refractivity contribution in [2.75, 3.05) is 16.8 Å². The minimum absolute atomic E-state index is 0.227. The van der Waals surface area contributed by atoms with Crippen LogP contribution in [0.25, 0.3) is 0 Å². The molecule has 0 spiro atoms. The number of nitrogens with zero attached hydrogens (tertiary/aromatic N) is 1. The maximum atomic E-state index is 11.1. The highest BCUT2D eigenvalue weighted by atomic mass is 35.5. The summed E-state index contributed by atoms with van der Waals surface area (Å²) in [7, 11) is 0. The van der Waals surface area contributed by atoms with E-state index in [1.807, 2.05) is 43.3 Å². The van der Waals surface area contributed by atoms with Crippen molar-refractivity contribution in [1.82, 2.24) is 0 Å². The van der Waals surface area contributed by atoms with Gasteiger partial charge >= 0.3 is 5.97 Å². The SMILES string of the molecule is Cc1ccc(Cl)cc1NC(=S)N(CC(=O)O)c1ccccc1. The summed E-state index contributed by atoms with van der Waals surface area (Å²) in [6.45, 7) is 1.70. The van der Waals surface area contributed by atoms with Crippen LogP contribution < -0.4 is 10.2 Å². The minimum atomic E-state index is -0.962. The molecule has 0 saturated carbocycles. The lowest BCUT2D eigenvalue weighted by atomic mass is 10.2. The molecule has 0 heterocycles. The van der Waals surface area contributed by atoms with Crippen molar-refractivity contribution in [3.63, 3.8) is 0 Å². The smallest absolute Gasteiger partial charge is 0.323 e. The first-order valence-electron chi connectivity index (χ1n) is 6.59. The molecule has 6 heteroatoms. The number of carboxylic acids is 1. The van der Waals surface area contributed by atoms with Crippen molar-refractivity contribution < 1.29 is 9.90 Å². The standard InChI is InChI=1S/C16H15ClN2O2S/c1-11-7-8-12(17)9-14(11)18-16(22)19(10-15(20)21)13-5-3-2-4-6-13/h2-9H,10H2,1H3,(H,18,22)(H,20,21). The Morgan fingerprint density at radius 2 is 1.95 bits per heavy atom. The quantitative estimate of drug-likeness (QED) is 0.829. The normalized spacial score (nSPS) is 10.1. The first-order chi connectivity index (χ1) is 10.5. The second-order valence-electron chi connectivity index (χ2n) is 4.70. The lowest BCUT2D eigenvalue weighted by Gasteiger charge is -2.24. The highest BCUT2D eigenvalue weighted by molar-refractivity contribution is 7.80. The first-order valence-corrected chi connectivity index (χ1v) is 7.37. The van der Waals surface area contributed by atoms with Gasteiger partial charge in [-0.15, -0.1) is 0 Å². The van der Waals surface area contributed by atoms with E-state index in [2.05, 4.69) is 5.32 Å². The number of carboxylic acid groups (broad SMARTS) is 1. The Kier molecular flexibility index (Phi) is 5.35. The van der Waals surface area contributed by atoms with Gasteiger partial charge in [0.25, 0.3) is 0 Å². The van der Waals surface area contributed by atoms with Crippen LogP contribution in [0.2, 0.25) is 5.02 Å². The third-order valence-corrected chi connectivity index (χ3v) is 3.61. The lowest BCUT2D eigenvalue weighted by Crippen LogP contribution is -2.38. The van der Waals surface area contributed by atoms with Crippen LogP contribution in [0.5, 0.6) is 0 Å². The Morgan fingerprint density at radius 1 is 1.27 bits per heavy atom. The van der Waals surface area contributed by atoms with Crippen molar-refractivity contribution in [1.29, 1.82) is 0 Å². The molecule has 0 bridgehead atoms. The summed E-state index contributed by atoms with van der Waals surface area (Å²) in [5.41, 5.74) is 2.43. The molecule has 0 aliphatic carbocycles. The molecule has 0 aromatic heterocycles. The van der Waals surface area contributed by atoms with Crippen LogP contribution in [0.1, 0.15) is 5.56 Å². The molecule has 0 saturated heterocycles. The van der Waals surface area contributed by atoms with E-state index in [0.29, 0.717) is 15.8 Å². The molecule has 2 aromatic carbocycles. The maximum absolute atomic E-state index is 11.1. The van der Waals surface area contributed by atoms with E-state index in [1.54, 1.807) is 12.1 Å². The topological polar surface area (TPSA) is 52.6 Å². The van der Waals surface area contributed by atoms with E-state index < -0.39 is 5.97 Å². The van der Waals surface area contributed by atoms with Gasteiger partial charge in [0.05, 0.1) is 0 Å². The molecule has 2 N–H and O–H groups in total. The number of thiocarbonyl (C=S) groups is 1. The van der Waals surface area contributed by atoms with Crippen LogP contribution in [-0.2, 0) is 4.79 Å². The monoisotopic (exact) mass is 334 g/mol. The molecule has 114 valence electrons. The van der Waals surface area contributed by atoms with E-state index >= 15 is 0 Å². The number of anilines is 2. The maximum Gasteiger partial charge on any atom is 0.323 e. The number of carbonyl (C=O) groups is 1. The number of aryl methyl sites for hydroxylation is 1. The highest BCUT2D eigenvalue weighted by Gasteiger charge is 2.16. The summed E-state index contributed by atoms with van der Waals surface area (Å²) in [5, 5.41) is 13.1. The van der Waals surface area contributed by atoms with Crippen LogP contribution in [0.4, 0.5) is 11.4 Å². The second-order valence-corrected chi connectivity index (χ2v) is 5.53. The van der Waals surface area contributed by atoms with Gasteiger partial charge in [-0.2, -0.15) is 0 Å². The number of benzene rings is 2. The number of halogens is 1. The molecule has 0 radical (unpaired) electrons. The van der Waals surface area contributed by atoms with E-state index in [1.165, 1.54) is 4.90 Å². The molecule has 0 aliphatic rings. The Balaban J connectivity index is 2.26. The Morgan fingerprint density at radius 3 is 2.59 bits per heavy atom. The molecule has 0 amide bonds. The molecule has 0 fully saturated rings. The van der Waals surface area contributed by atoms with Gasteiger partial charge in [0, 0.05) is 16.4 Å².